The van der Waals surface area contributed by atoms with E-state index in [1.165, 1.54) is 0 Å². The summed E-state index contributed by atoms with van der Waals surface area (Å²) in [7, 11) is 0. The van der Waals surface area contributed by atoms with E-state index in [9.17, 15) is 14.4 Å². The van der Waals surface area contributed by atoms with Crippen LogP contribution >= 0.6 is 0 Å². The molecule has 6 nitrogen and oxygen atoms in total. The molecule has 1 rings (SSSR count). The van der Waals surface area contributed by atoms with Gasteiger partial charge < -0.3 is 14.2 Å². The van der Waals surface area contributed by atoms with Gasteiger partial charge in [-0.05, 0) is 27.2 Å². The standard InChI is InChI=1S/C12H18O6/c1-4-16-9(13)8-7-12(8,10(14)17-5-2)11(15)18-6-3/h8H,4-7H2,1-3H3/t8-/m0/s1. The highest BCUT2D eigenvalue weighted by Crippen LogP contribution is 2.55. The predicted octanol–water partition coefficient (Wildman–Crippen LogP) is 0.682. The third kappa shape index (κ3) is 2.47. The molecule has 0 radical (unpaired) electrons. The minimum absolute atomic E-state index is 0.101. The first kappa shape index (κ1) is 14.5. The Kier molecular flexibility index (Phi) is 4.69. The number of rotatable bonds is 6. The van der Waals surface area contributed by atoms with Crippen molar-refractivity contribution in [3.05, 3.63) is 0 Å². The van der Waals surface area contributed by atoms with Gasteiger partial charge >= 0.3 is 17.9 Å². The lowest BCUT2D eigenvalue weighted by Crippen LogP contribution is -2.34. The first-order valence-corrected chi connectivity index (χ1v) is 6.05. The van der Waals surface area contributed by atoms with E-state index in [4.69, 9.17) is 14.2 Å². The van der Waals surface area contributed by atoms with Crippen LogP contribution in [0.5, 0.6) is 0 Å². The fourth-order valence-corrected chi connectivity index (χ4v) is 1.84. The second kappa shape index (κ2) is 5.84. The van der Waals surface area contributed by atoms with Crippen LogP contribution in [0.3, 0.4) is 0 Å². The number of hydrogen-bond donors (Lipinski definition) is 0. The molecule has 0 aliphatic heterocycles. The highest BCUT2D eigenvalue weighted by Gasteiger charge is 2.72. The van der Waals surface area contributed by atoms with E-state index in [1.807, 2.05) is 0 Å². The van der Waals surface area contributed by atoms with Gasteiger partial charge in [0.25, 0.3) is 0 Å². The molecule has 0 unspecified atom stereocenters. The summed E-state index contributed by atoms with van der Waals surface area (Å²) in [6, 6.07) is 0. The van der Waals surface area contributed by atoms with Gasteiger partial charge in [-0.3, -0.25) is 14.4 Å². The summed E-state index contributed by atoms with van der Waals surface area (Å²) in [5.74, 6) is -2.75. The van der Waals surface area contributed by atoms with Crippen LogP contribution in [0.25, 0.3) is 0 Å². The van der Waals surface area contributed by atoms with Crippen molar-refractivity contribution in [1.82, 2.24) is 0 Å². The Morgan fingerprint density at radius 2 is 1.39 bits per heavy atom. The van der Waals surface area contributed by atoms with Crippen molar-refractivity contribution in [1.29, 1.82) is 0 Å². The molecule has 1 atom stereocenters. The van der Waals surface area contributed by atoms with E-state index in [0.717, 1.165) is 0 Å². The Bertz CT molecular complexity index is 330. The molecule has 0 aromatic rings. The maximum atomic E-state index is 11.8. The first-order valence-electron chi connectivity index (χ1n) is 6.05. The lowest BCUT2D eigenvalue weighted by Gasteiger charge is -2.14. The van der Waals surface area contributed by atoms with Crippen LogP contribution in [0.4, 0.5) is 0 Å². The van der Waals surface area contributed by atoms with Crippen molar-refractivity contribution in [3.63, 3.8) is 0 Å². The zero-order chi connectivity index (χ0) is 13.8. The minimum atomic E-state index is -1.49. The van der Waals surface area contributed by atoms with Crippen molar-refractivity contribution >= 4 is 17.9 Å². The van der Waals surface area contributed by atoms with Gasteiger partial charge in [0, 0.05) is 0 Å². The van der Waals surface area contributed by atoms with Crippen LogP contribution in [-0.4, -0.2) is 37.7 Å². The summed E-state index contributed by atoms with van der Waals surface area (Å²) in [4.78, 5) is 35.3. The molecule has 0 saturated heterocycles. The normalized spacial score (nSPS) is 19.8. The summed E-state index contributed by atoms with van der Waals surface area (Å²) in [6.07, 6.45) is 0.101. The van der Waals surface area contributed by atoms with E-state index in [1.54, 1.807) is 20.8 Å². The van der Waals surface area contributed by atoms with Crippen LogP contribution in [-0.2, 0) is 28.6 Å². The third-order valence-electron chi connectivity index (χ3n) is 2.81. The Balaban J connectivity index is 2.83. The van der Waals surface area contributed by atoms with E-state index in [0.29, 0.717) is 0 Å². The highest BCUT2D eigenvalue weighted by atomic mass is 16.6. The third-order valence-corrected chi connectivity index (χ3v) is 2.81. The molecule has 18 heavy (non-hydrogen) atoms. The molecule has 0 amide bonds. The molecule has 6 heteroatoms. The van der Waals surface area contributed by atoms with Crippen molar-refractivity contribution < 1.29 is 28.6 Å². The van der Waals surface area contributed by atoms with Crippen LogP contribution in [0.15, 0.2) is 0 Å². The Morgan fingerprint density at radius 3 is 1.78 bits per heavy atom. The van der Waals surface area contributed by atoms with Gasteiger partial charge in [0.1, 0.15) is 0 Å². The van der Waals surface area contributed by atoms with Crippen LogP contribution < -0.4 is 0 Å². The maximum Gasteiger partial charge on any atom is 0.324 e. The van der Waals surface area contributed by atoms with Crippen molar-refractivity contribution in [2.45, 2.75) is 27.2 Å². The Labute approximate surface area is 106 Å². The minimum Gasteiger partial charge on any atom is -0.466 e. The predicted molar refractivity (Wildman–Crippen MR) is 60.4 cm³/mol. The molecule has 1 fully saturated rings. The Morgan fingerprint density at radius 1 is 0.944 bits per heavy atom. The molecule has 102 valence electrons. The molecular weight excluding hydrogens is 240 g/mol. The quantitative estimate of drug-likeness (QED) is 0.396. The van der Waals surface area contributed by atoms with Gasteiger partial charge in [-0.1, -0.05) is 0 Å². The molecule has 0 bridgehead atoms. The fourth-order valence-electron chi connectivity index (χ4n) is 1.84. The van der Waals surface area contributed by atoms with Gasteiger partial charge in [0.15, 0.2) is 5.41 Å². The second-order valence-electron chi connectivity index (χ2n) is 3.92. The lowest BCUT2D eigenvalue weighted by atomic mass is 10.0. The van der Waals surface area contributed by atoms with Crippen molar-refractivity contribution in [2.24, 2.45) is 11.3 Å². The topological polar surface area (TPSA) is 78.9 Å². The molecule has 0 aromatic carbocycles. The zero-order valence-electron chi connectivity index (χ0n) is 10.9. The first-order chi connectivity index (χ1) is 8.54. The van der Waals surface area contributed by atoms with Gasteiger partial charge in [-0.25, -0.2) is 0 Å². The maximum absolute atomic E-state index is 11.8. The average molecular weight is 258 g/mol. The lowest BCUT2D eigenvalue weighted by molar-refractivity contribution is -0.168. The van der Waals surface area contributed by atoms with E-state index < -0.39 is 29.2 Å². The second-order valence-corrected chi connectivity index (χ2v) is 3.92. The summed E-state index contributed by atoms with van der Waals surface area (Å²) in [6.45, 7) is 5.44. The summed E-state index contributed by atoms with van der Waals surface area (Å²) >= 11 is 0. The van der Waals surface area contributed by atoms with Gasteiger partial charge in [-0.2, -0.15) is 0 Å². The van der Waals surface area contributed by atoms with Crippen LogP contribution in [0, 0.1) is 11.3 Å². The smallest absolute Gasteiger partial charge is 0.324 e. The zero-order valence-corrected chi connectivity index (χ0v) is 10.9. The number of ether oxygens (including phenoxy) is 3. The van der Waals surface area contributed by atoms with Gasteiger partial charge in [0.2, 0.25) is 0 Å². The summed E-state index contributed by atoms with van der Waals surface area (Å²) in [5, 5.41) is 0. The fraction of sp³-hybridized carbons (Fsp3) is 0.750. The molecule has 0 heterocycles. The van der Waals surface area contributed by atoms with Gasteiger partial charge in [0.05, 0.1) is 25.7 Å². The number of carbonyl (C=O) groups excluding carboxylic acids is 3. The van der Waals surface area contributed by atoms with E-state index in [-0.39, 0.29) is 26.2 Å². The van der Waals surface area contributed by atoms with Crippen molar-refractivity contribution in [2.75, 3.05) is 19.8 Å². The molecule has 1 aliphatic carbocycles. The largest absolute Gasteiger partial charge is 0.466 e. The van der Waals surface area contributed by atoms with E-state index >= 15 is 0 Å². The molecule has 0 N–H and O–H groups in total. The SMILES string of the molecule is CCOC(=O)[C@@H]1CC1(C(=O)OCC)C(=O)OCC. The monoisotopic (exact) mass is 258 g/mol. The van der Waals surface area contributed by atoms with E-state index in [2.05, 4.69) is 0 Å². The summed E-state index contributed by atoms with van der Waals surface area (Å²) in [5.41, 5.74) is -1.49. The highest BCUT2D eigenvalue weighted by molar-refractivity contribution is 6.08. The van der Waals surface area contributed by atoms with Crippen molar-refractivity contribution in [3.8, 4) is 0 Å². The van der Waals surface area contributed by atoms with Crippen LogP contribution in [0.1, 0.15) is 27.2 Å². The average Bonchev–Trinajstić information content (AvgIpc) is 3.06. The Hall–Kier alpha value is -1.59. The molecular formula is C12H18O6. The molecule has 1 aliphatic rings. The molecule has 0 spiro atoms. The van der Waals surface area contributed by atoms with Crippen LogP contribution in [0.2, 0.25) is 0 Å². The van der Waals surface area contributed by atoms with Gasteiger partial charge in [-0.15, -0.1) is 0 Å². The molecule has 1 saturated carbocycles. The number of hydrogen-bond acceptors (Lipinski definition) is 6. The number of esters is 3. The molecule has 0 aromatic heterocycles. The summed E-state index contributed by atoms with van der Waals surface area (Å²) < 4.78 is 14.5. The number of carbonyl (C=O) groups is 3.